The smallest absolute Gasteiger partial charge is 0.250 e. The molecule has 4 rings (SSSR count). The van der Waals surface area contributed by atoms with Crippen molar-refractivity contribution in [3.63, 3.8) is 0 Å². The Balaban J connectivity index is 1.71. The molecule has 3 aromatic rings. The summed E-state index contributed by atoms with van der Waals surface area (Å²) in [5.41, 5.74) is 3.29. The number of nitriles is 1. The van der Waals surface area contributed by atoms with E-state index in [1.165, 1.54) is 12.8 Å². The Morgan fingerprint density at radius 1 is 1.37 bits per heavy atom. The molecule has 1 aliphatic rings. The number of carbonyl (C=O) groups is 1. The summed E-state index contributed by atoms with van der Waals surface area (Å²) < 4.78 is 5.86. The van der Waals surface area contributed by atoms with Gasteiger partial charge in [-0.2, -0.15) is 10.4 Å². The summed E-state index contributed by atoms with van der Waals surface area (Å²) in [5, 5.41) is 29.1. The minimum absolute atomic E-state index is 0.474. The summed E-state index contributed by atoms with van der Waals surface area (Å²) in [5.74, 6) is 0.667. The molecule has 0 radical (unpaired) electrons. The number of nitrogens with one attached hydrogen (secondary N) is 2. The molecule has 0 bridgehead atoms. The van der Waals surface area contributed by atoms with Crippen LogP contribution in [0, 0.1) is 17.2 Å². The van der Waals surface area contributed by atoms with Crippen LogP contribution in [0.25, 0.3) is 22.2 Å². The second-order valence-corrected chi connectivity index (χ2v) is 6.62. The fourth-order valence-electron chi connectivity index (χ4n) is 2.91. The van der Waals surface area contributed by atoms with Gasteiger partial charge >= 0.3 is 0 Å². The molecule has 1 aliphatic carbocycles. The van der Waals surface area contributed by atoms with E-state index in [2.05, 4.69) is 21.6 Å². The van der Waals surface area contributed by atoms with Crippen molar-refractivity contribution in [2.75, 3.05) is 18.5 Å². The molecular weight excluding hydrogens is 344 g/mol. The number of aliphatic hydroxyl groups excluding tert-OH is 1. The number of ether oxygens (including phenoxy) is 1. The van der Waals surface area contributed by atoms with Crippen molar-refractivity contribution >= 4 is 22.5 Å². The second-order valence-electron chi connectivity index (χ2n) is 6.62. The van der Waals surface area contributed by atoms with Crippen LogP contribution in [0.4, 0.5) is 5.69 Å². The number of amides is 1. The number of benzene rings is 2. The molecule has 1 aromatic heterocycles. The Bertz CT molecular complexity index is 1050. The highest BCUT2D eigenvalue weighted by atomic mass is 16.5. The predicted octanol–water partition coefficient (Wildman–Crippen LogP) is 2.82. The molecule has 27 heavy (non-hydrogen) atoms. The molecule has 0 unspecified atom stereocenters. The number of carbonyl (C=O) groups excluding carboxylic acids is 1. The first kappa shape index (κ1) is 17.1. The average molecular weight is 362 g/mol. The maximum atomic E-state index is 11.4. The highest BCUT2D eigenvalue weighted by molar-refractivity contribution is 5.96. The first-order valence-electron chi connectivity index (χ1n) is 8.74. The molecule has 0 spiro atoms. The number of hydrogen-bond acceptors (Lipinski definition) is 5. The maximum Gasteiger partial charge on any atom is 0.250 e. The van der Waals surface area contributed by atoms with Crippen LogP contribution in [-0.4, -0.2) is 34.4 Å². The van der Waals surface area contributed by atoms with Gasteiger partial charge in [-0.25, -0.2) is 0 Å². The Morgan fingerprint density at radius 3 is 2.96 bits per heavy atom. The van der Waals surface area contributed by atoms with Crippen LogP contribution in [0.2, 0.25) is 0 Å². The van der Waals surface area contributed by atoms with Crippen molar-refractivity contribution in [3.05, 3.63) is 42.0 Å². The molecule has 0 saturated heterocycles. The first-order chi connectivity index (χ1) is 13.2. The summed E-state index contributed by atoms with van der Waals surface area (Å²) >= 11 is 0. The van der Waals surface area contributed by atoms with E-state index in [-0.39, 0.29) is 0 Å². The molecule has 2 aromatic carbocycles. The third kappa shape index (κ3) is 3.61. The lowest BCUT2D eigenvalue weighted by molar-refractivity contribution is -0.118. The lowest BCUT2D eigenvalue weighted by Gasteiger charge is -2.08. The molecule has 1 saturated carbocycles. The molecule has 0 atom stereocenters. The number of hydrogen-bond donors (Lipinski definition) is 3. The first-order valence-corrected chi connectivity index (χ1v) is 8.74. The number of aliphatic hydroxyl groups is 1. The van der Waals surface area contributed by atoms with Gasteiger partial charge in [-0.1, -0.05) is 12.1 Å². The number of H-pyrrole nitrogens is 1. The fraction of sp³-hybridized carbons (Fsp3) is 0.250. The van der Waals surface area contributed by atoms with Crippen molar-refractivity contribution in [1.29, 1.82) is 5.26 Å². The van der Waals surface area contributed by atoms with Crippen LogP contribution in [-0.2, 0) is 4.79 Å². The molecule has 3 N–H and O–H groups in total. The van der Waals surface area contributed by atoms with Crippen molar-refractivity contribution in [1.82, 2.24) is 10.2 Å². The minimum Gasteiger partial charge on any atom is -0.492 e. The normalized spacial score (nSPS) is 13.3. The van der Waals surface area contributed by atoms with Gasteiger partial charge in [0.1, 0.15) is 24.1 Å². The fourth-order valence-corrected chi connectivity index (χ4v) is 2.91. The maximum absolute atomic E-state index is 11.4. The van der Waals surface area contributed by atoms with E-state index in [9.17, 15) is 10.1 Å². The molecule has 1 heterocycles. The summed E-state index contributed by atoms with van der Waals surface area (Å²) in [6.07, 6.45) is 2.35. The molecule has 1 fully saturated rings. The van der Waals surface area contributed by atoms with Gasteiger partial charge in [-0.3, -0.25) is 9.89 Å². The highest BCUT2D eigenvalue weighted by Crippen LogP contribution is 2.34. The Hall–Kier alpha value is -3.37. The van der Waals surface area contributed by atoms with E-state index in [1.54, 1.807) is 24.3 Å². The number of nitrogens with zero attached hydrogens (tertiary/aromatic N) is 2. The van der Waals surface area contributed by atoms with Crippen LogP contribution in [0.3, 0.4) is 0 Å². The molecule has 7 heteroatoms. The van der Waals surface area contributed by atoms with Gasteiger partial charge < -0.3 is 15.2 Å². The number of aromatic amines is 1. The zero-order valence-corrected chi connectivity index (χ0v) is 14.5. The standard InChI is InChI=1S/C20H18N4O3/c21-9-14-7-17-16(8-18(14)27-11-12-4-5-12)20(24-23-17)13-2-1-3-15(6-13)22-19(26)10-25/h1-3,6-8,12,25H,4-5,10-11H2,(H,22,26)(H,23,24). The Kier molecular flexibility index (Phi) is 4.48. The lowest BCUT2D eigenvalue weighted by atomic mass is 10.0. The van der Waals surface area contributed by atoms with Gasteiger partial charge in [0.25, 0.3) is 0 Å². The van der Waals surface area contributed by atoms with Crippen molar-refractivity contribution < 1.29 is 14.6 Å². The topological polar surface area (TPSA) is 111 Å². The van der Waals surface area contributed by atoms with Gasteiger partial charge in [0.15, 0.2) is 0 Å². The number of anilines is 1. The molecule has 1 amide bonds. The van der Waals surface area contributed by atoms with Crippen LogP contribution in [0.1, 0.15) is 18.4 Å². The van der Waals surface area contributed by atoms with Gasteiger partial charge in [0.2, 0.25) is 5.91 Å². The van der Waals surface area contributed by atoms with Crippen molar-refractivity contribution in [3.8, 4) is 23.1 Å². The van der Waals surface area contributed by atoms with E-state index < -0.39 is 12.5 Å². The summed E-state index contributed by atoms with van der Waals surface area (Å²) in [7, 11) is 0. The largest absolute Gasteiger partial charge is 0.492 e. The van der Waals surface area contributed by atoms with Gasteiger partial charge in [0, 0.05) is 16.6 Å². The summed E-state index contributed by atoms with van der Waals surface area (Å²) in [4.78, 5) is 11.4. The van der Waals surface area contributed by atoms with Crippen molar-refractivity contribution in [2.24, 2.45) is 5.92 Å². The molecule has 7 nitrogen and oxygen atoms in total. The number of rotatable bonds is 6. The van der Waals surface area contributed by atoms with Crippen LogP contribution < -0.4 is 10.1 Å². The second kappa shape index (κ2) is 7.09. The quantitative estimate of drug-likeness (QED) is 0.624. The predicted molar refractivity (Wildman–Crippen MR) is 100 cm³/mol. The van der Waals surface area contributed by atoms with Crippen molar-refractivity contribution in [2.45, 2.75) is 12.8 Å². The summed E-state index contributed by atoms with van der Waals surface area (Å²) in [6.45, 7) is 0.0459. The van der Waals surface area contributed by atoms with E-state index in [1.807, 2.05) is 12.1 Å². The monoisotopic (exact) mass is 362 g/mol. The number of fused-ring (bicyclic) bond motifs is 1. The molecule has 136 valence electrons. The third-order valence-corrected chi connectivity index (χ3v) is 4.52. The molecular formula is C20H18N4O3. The average Bonchev–Trinajstić information content (AvgIpc) is 3.43. The van der Waals surface area contributed by atoms with Crippen LogP contribution in [0.15, 0.2) is 36.4 Å². The van der Waals surface area contributed by atoms with Crippen LogP contribution in [0.5, 0.6) is 5.75 Å². The minimum atomic E-state index is -0.575. The Morgan fingerprint density at radius 2 is 2.22 bits per heavy atom. The zero-order chi connectivity index (χ0) is 18.8. The van der Waals surface area contributed by atoms with E-state index in [0.29, 0.717) is 35.2 Å². The van der Waals surface area contributed by atoms with E-state index in [0.717, 1.165) is 16.5 Å². The Labute approximate surface area is 155 Å². The molecule has 0 aliphatic heterocycles. The van der Waals surface area contributed by atoms with E-state index >= 15 is 0 Å². The third-order valence-electron chi connectivity index (χ3n) is 4.52. The van der Waals surface area contributed by atoms with Gasteiger partial charge in [-0.15, -0.1) is 0 Å². The zero-order valence-electron chi connectivity index (χ0n) is 14.5. The lowest BCUT2D eigenvalue weighted by Crippen LogP contribution is -2.15. The van der Waals surface area contributed by atoms with E-state index in [4.69, 9.17) is 9.84 Å². The highest BCUT2D eigenvalue weighted by Gasteiger charge is 2.23. The number of aromatic nitrogens is 2. The van der Waals surface area contributed by atoms with Gasteiger partial charge in [-0.05, 0) is 43.0 Å². The SMILES string of the molecule is N#Cc1cc2[nH]nc(-c3cccc(NC(=O)CO)c3)c2cc1OCC1CC1. The summed E-state index contributed by atoms with van der Waals surface area (Å²) in [6, 6.07) is 13.0. The van der Waals surface area contributed by atoms with Gasteiger partial charge in [0.05, 0.1) is 17.7 Å². The van der Waals surface area contributed by atoms with Crippen LogP contribution >= 0.6 is 0 Å².